The molecule has 4 nitrogen and oxygen atoms in total. The Kier molecular flexibility index (Phi) is 11.6. The summed E-state index contributed by atoms with van der Waals surface area (Å²) in [4.78, 5) is 24.0. The molecule has 200 valence electrons. The van der Waals surface area contributed by atoms with Crippen molar-refractivity contribution in [1.82, 2.24) is 5.32 Å². The predicted octanol–water partition coefficient (Wildman–Crippen LogP) is 8.72. The monoisotopic (exact) mass is 530 g/mol. The van der Waals surface area contributed by atoms with Gasteiger partial charge in [0.15, 0.2) is 0 Å². The Labute approximate surface area is 232 Å². The van der Waals surface area contributed by atoms with Gasteiger partial charge in [0, 0.05) is 22.2 Å². The van der Waals surface area contributed by atoms with Crippen LogP contribution in [0.4, 0.5) is 5.69 Å². The lowest BCUT2D eigenvalue weighted by Gasteiger charge is -2.19. The molecule has 3 aromatic carbocycles. The molecule has 0 saturated heterocycles. The molecule has 5 heteroatoms. The van der Waals surface area contributed by atoms with E-state index in [9.17, 15) is 9.59 Å². The highest BCUT2D eigenvalue weighted by Gasteiger charge is 2.15. The third-order valence-corrected chi connectivity index (χ3v) is 6.83. The van der Waals surface area contributed by atoms with E-state index < -0.39 is 0 Å². The number of nitrogens with one attached hydrogen (secondary N) is 2. The number of hydrogen-bond donors (Lipinski definition) is 2. The van der Waals surface area contributed by atoms with Crippen LogP contribution in [0, 0.1) is 5.92 Å². The second-order valence-corrected chi connectivity index (χ2v) is 10.4. The molecule has 4 rings (SSSR count). The summed E-state index contributed by atoms with van der Waals surface area (Å²) in [7, 11) is 0. The fourth-order valence-electron chi connectivity index (χ4n) is 4.42. The minimum atomic E-state index is -0.0881. The minimum Gasteiger partial charge on any atom is -0.345 e. The topological polar surface area (TPSA) is 58.2 Å². The summed E-state index contributed by atoms with van der Waals surface area (Å²) in [6, 6.07) is 25.3. The van der Waals surface area contributed by atoms with Crippen molar-refractivity contribution in [2.24, 2.45) is 5.92 Å². The summed E-state index contributed by atoms with van der Waals surface area (Å²) >= 11 is 5.92. The number of allylic oxidation sites excluding steroid dienone is 2. The quantitative estimate of drug-likeness (QED) is 0.286. The number of benzene rings is 3. The number of carbonyl (C=O) groups is 2. The van der Waals surface area contributed by atoms with E-state index in [1.54, 1.807) is 24.3 Å². The number of anilines is 1. The minimum absolute atomic E-state index is 0.0197. The third-order valence-electron chi connectivity index (χ3n) is 6.59. The van der Waals surface area contributed by atoms with E-state index in [0.717, 1.165) is 36.9 Å². The summed E-state index contributed by atoms with van der Waals surface area (Å²) in [5.41, 5.74) is 3.97. The fraction of sp³-hybridized carbons (Fsp3) is 0.333. The summed E-state index contributed by atoms with van der Waals surface area (Å²) in [5.74, 6) is 0.614. The molecule has 2 atom stereocenters. The van der Waals surface area contributed by atoms with Crippen molar-refractivity contribution in [1.29, 1.82) is 0 Å². The Morgan fingerprint density at radius 2 is 1.71 bits per heavy atom. The highest BCUT2D eigenvalue weighted by Crippen LogP contribution is 2.30. The van der Waals surface area contributed by atoms with Gasteiger partial charge in [0.2, 0.25) is 5.91 Å². The molecule has 3 aromatic rings. The van der Waals surface area contributed by atoms with Gasteiger partial charge in [-0.1, -0.05) is 99.5 Å². The molecule has 1 aliphatic carbocycles. The average molecular weight is 531 g/mol. The van der Waals surface area contributed by atoms with E-state index >= 15 is 0 Å². The maximum Gasteiger partial charge on any atom is 0.251 e. The van der Waals surface area contributed by atoms with Gasteiger partial charge in [0.1, 0.15) is 0 Å². The van der Waals surface area contributed by atoms with Gasteiger partial charge in [0.25, 0.3) is 5.91 Å². The first-order valence-corrected chi connectivity index (χ1v) is 13.9. The van der Waals surface area contributed by atoms with E-state index in [0.29, 0.717) is 16.5 Å². The SMILES string of the molecule is CC(C)C(=O)Nc1cccc(C2CC=CCC2)c1.CCCC(NC(=O)c1cccc(Cl)c1)c1ccccc1. The molecule has 0 aliphatic heterocycles. The van der Waals surface area contributed by atoms with Crippen LogP contribution in [-0.4, -0.2) is 11.8 Å². The van der Waals surface area contributed by atoms with E-state index in [4.69, 9.17) is 11.6 Å². The molecule has 0 aromatic heterocycles. The molecule has 2 unspecified atom stereocenters. The Bertz CT molecular complexity index is 1210. The van der Waals surface area contributed by atoms with E-state index in [1.165, 1.54) is 12.0 Å². The van der Waals surface area contributed by atoms with Gasteiger partial charge in [0.05, 0.1) is 6.04 Å². The lowest BCUT2D eigenvalue weighted by Crippen LogP contribution is -2.28. The van der Waals surface area contributed by atoms with Crippen LogP contribution < -0.4 is 10.6 Å². The molecular weight excluding hydrogens is 492 g/mol. The average Bonchev–Trinajstić information content (AvgIpc) is 2.94. The second kappa shape index (κ2) is 15.1. The number of rotatable bonds is 8. The van der Waals surface area contributed by atoms with E-state index in [1.807, 2.05) is 56.3 Å². The molecule has 1 aliphatic rings. The van der Waals surface area contributed by atoms with Gasteiger partial charge in [-0.3, -0.25) is 9.59 Å². The first kappa shape index (κ1) is 29.2. The van der Waals surface area contributed by atoms with Crippen LogP contribution in [-0.2, 0) is 4.79 Å². The van der Waals surface area contributed by atoms with Crippen LogP contribution in [0.25, 0.3) is 0 Å². The maximum absolute atomic E-state index is 12.3. The number of amides is 2. The molecule has 0 radical (unpaired) electrons. The van der Waals surface area contributed by atoms with Gasteiger partial charge in [-0.2, -0.15) is 0 Å². The summed E-state index contributed by atoms with van der Waals surface area (Å²) in [5, 5.41) is 6.62. The Hall–Kier alpha value is -3.37. The zero-order chi connectivity index (χ0) is 27.3. The smallest absolute Gasteiger partial charge is 0.251 e. The van der Waals surface area contributed by atoms with Crippen LogP contribution in [0.2, 0.25) is 5.02 Å². The molecule has 0 spiro atoms. The van der Waals surface area contributed by atoms with Gasteiger partial charge >= 0.3 is 0 Å². The van der Waals surface area contributed by atoms with Crippen LogP contribution in [0.3, 0.4) is 0 Å². The van der Waals surface area contributed by atoms with Crippen molar-refractivity contribution < 1.29 is 9.59 Å². The number of carbonyl (C=O) groups excluding carboxylic acids is 2. The van der Waals surface area contributed by atoms with Gasteiger partial charge in [-0.25, -0.2) is 0 Å². The highest BCUT2D eigenvalue weighted by molar-refractivity contribution is 6.30. The predicted molar refractivity (Wildman–Crippen MR) is 159 cm³/mol. The summed E-state index contributed by atoms with van der Waals surface area (Å²) in [6.45, 7) is 5.93. The highest BCUT2D eigenvalue weighted by atomic mass is 35.5. The zero-order valence-electron chi connectivity index (χ0n) is 22.6. The van der Waals surface area contributed by atoms with Crippen LogP contribution in [0.1, 0.15) is 86.3 Å². The molecule has 0 heterocycles. The molecule has 0 saturated carbocycles. The zero-order valence-corrected chi connectivity index (χ0v) is 23.4. The molecule has 38 heavy (non-hydrogen) atoms. The van der Waals surface area contributed by atoms with Crippen molar-refractivity contribution in [3.8, 4) is 0 Å². The first-order valence-electron chi connectivity index (χ1n) is 13.5. The summed E-state index contributed by atoms with van der Waals surface area (Å²) in [6.07, 6.45) is 9.91. The Morgan fingerprint density at radius 1 is 0.947 bits per heavy atom. The van der Waals surface area contributed by atoms with Crippen LogP contribution in [0.15, 0.2) is 91.0 Å². The second-order valence-electron chi connectivity index (χ2n) is 9.99. The summed E-state index contributed by atoms with van der Waals surface area (Å²) < 4.78 is 0. The van der Waals surface area contributed by atoms with Crippen molar-refractivity contribution in [3.05, 3.63) is 113 Å². The van der Waals surface area contributed by atoms with Crippen molar-refractivity contribution in [3.63, 3.8) is 0 Å². The molecule has 0 fully saturated rings. The van der Waals surface area contributed by atoms with Gasteiger partial charge < -0.3 is 10.6 Å². The third kappa shape index (κ3) is 9.18. The first-order chi connectivity index (χ1) is 18.4. The van der Waals surface area contributed by atoms with Crippen molar-refractivity contribution >= 4 is 29.1 Å². The fourth-order valence-corrected chi connectivity index (χ4v) is 4.61. The lowest BCUT2D eigenvalue weighted by atomic mass is 9.88. The molecule has 2 N–H and O–H groups in total. The standard InChI is InChI=1S/C17H18ClNO.C16H21NO/c1-2-7-16(13-8-4-3-5-9-13)19-17(20)14-10-6-11-15(18)12-14;1-12(2)16(18)17-15-10-6-9-14(11-15)13-7-4-3-5-8-13/h3-6,8-12,16H,2,7H2,1H3,(H,19,20);3-4,6,9-13H,5,7-8H2,1-2H3,(H,17,18). The Morgan fingerprint density at radius 3 is 2.37 bits per heavy atom. The largest absolute Gasteiger partial charge is 0.345 e. The van der Waals surface area contributed by atoms with E-state index in [-0.39, 0.29) is 23.8 Å². The molecular formula is C33H39ClN2O2. The molecule has 0 bridgehead atoms. The maximum atomic E-state index is 12.3. The van der Waals surface area contributed by atoms with Crippen molar-refractivity contribution in [2.75, 3.05) is 5.32 Å². The van der Waals surface area contributed by atoms with Crippen LogP contribution >= 0.6 is 11.6 Å². The normalized spacial score (nSPS) is 15.2. The van der Waals surface area contributed by atoms with Crippen LogP contribution in [0.5, 0.6) is 0 Å². The Balaban J connectivity index is 0.000000212. The van der Waals surface area contributed by atoms with Crippen molar-refractivity contribution in [2.45, 2.75) is 64.8 Å². The number of halogens is 1. The van der Waals surface area contributed by atoms with Gasteiger partial charge in [-0.15, -0.1) is 0 Å². The number of hydrogen-bond acceptors (Lipinski definition) is 2. The lowest BCUT2D eigenvalue weighted by molar-refractivity contribution is -0.118. The van der Waals surface area contributed by atoms with E-state index in [2.05, 4.69) is 41.8 Å². The van der Waals surface area contributed by atoms with Gasteiger partial charge in [-0.05, 0) is 73.1 Å². The molecule has 2 amide bonds.